The van der Waals surface area contributed by atoms with Crippen LogP contribution in [-0.2, 0) is 0 Å². The van der Waals surface area contributed by atoms with E-state index in [1.54, 1.807) is 24.3 Å². The van der Waals surface area contributed by atoms with E-state index in [-0.39, 0.29) is 11.8 Å². The second-order valence-corrected chi connectivity index (χ2v) is 10.8. The van der Waals surface area contributed by atoms with Gasteiger partial charge in [-0.1, -0.05) is 60.7 Å². The molecule has 40 heavy (non-hydrogen) atoms. The van der Waals surface area contributed by atoms with Gasteiger partial charge in [-0.05, 0) is 80.5 Å². The third-order valence-corrected chi connectivity index (χ3v) is 8.18. The molecule has 2 atom stereocenters. The molecule has 2 amide bonds. The first-order valence-corrected chi connectivity index (χ1v) is 13.9. The molecule has 6 heteroatoms. The van der Waals surface area contributed by atoms with Crippen molar-refractivity contribution >= 4 is 28.9 Å². The first-order valence-electron chi connectivity index (χ1n) is 13.9. The Labute approximate surface area is 235 Å². The number of anilines is 3. The standard InChI is InChI=1S/C34H34N4O2/c1-36(2)28-22-27-20-21-37(31-14-8-9-15-32(31)38(27)23-28)34(40)25-16-18-26(19-17-25)35-33(39)30-13-7-6-12-29(30)24-10-4-3-5-11-24/h3-19,27-28H,20-23H2,1-2H3,(H,35,39). The van der Waals surface area contributed by atoms with E-state index in [0.717, 1.165) is 41.9 Å². The molecule has 1 saturated heterocycles. The van der Waals surface area contributed by atoms with Gasteiger partial charge < -0.3 is 20.0 Å². The number of nitrogens with zero attached hydrogens (tertiary/aromatic N) is 3. The largest absolute Gasteiger partial charge is 0.365 e. The molecule has 2 aliphatic rings. The van der Waals surface area contributed by atoms with Crippen LogP contribution in [-0.4, -0.2) is 56.0 Å². The predicted octanol–water partition coefficient (Wildman–Crippen LogP) is 6.17. The molecule has 2 aliphatic heterocycles. The number of benzene rings is 4. The summed E-state index contributed by atoms with van der Waals surface area (Å²) in [6, 6.07) is 33.9. The van der Waals surface area contributed by atoms with E-state index in [1.807, 2.05) is 65.6 Å². The van der Waals surface area contributed by atoms with Gasteiger partial charge in [-0.25, -0.2) is 0 Å². The van der Waals surface area contributed by atoms with Crippen molar-refractivity contribution in [2.75, 3.05) is 42.3 Å². The summed E-state index contributed by atoms with van der Waals surface area (Å²) in [5.74, 6) is -0.207. The second kappa shape index (κ2) is 11.0. The topological polar surface area (TPSA) is 55.9 Å². The van der Waals surface area contributed by atoms with E-state index >= 15 is 0 Å². The van der Waals surface area contributed by atoms with Crippen molar-refractivity contribution in [2.45, 2.75) is 24.9 Å². The average molecular weight is 531 g/mol. The SMILES string of the molecule is CN(C)C1CC2CCN(C(=O)c3ccc(NC(=O)c4ccccc4-c4ccccc4)cc3)c3ccccc3N2C1. The number of amides is 2. The summed E-state index contributed by atoms with van der Waals surface area (Å²) >= 11 is 0. The van der Waals surface area contributed by atoms with E-state index in [4.69, 9.17) is 0 Å². The van der Waals surface area contributed by atoms with Crippen LogP contribution in [0.5, 0.6) is 0 Å². The van der Waals surface area contributed by atoms with Gasteiger partial charge in [-0.3, -0.25) is 9.59 Å². The Morgan fingerprint density at radius 1 is 0.800 bits per heavy atom. The highest BCUT2D eigenvalue weighted by molar-refractivity contribution is 6.10. The zero-order valence-corrected chi connectivity index (χ0v) is 23.0. The van der Waals surface area contributed by atoms with Gasteiger partial charge in [0.05, 0.1) is 11.4 Å². The van der Waals surface area contributed by atoms with Crippen LogP contribution in [0.15, 0.2) is 103 Å². The van der Waals surface area contributed by atoms with Gasteiger partial charge in [-0.15, -0.1) is 0 Å². The van der Waals surface area contributed by atoms with Crippen molar-refractivity contribution in [1.82, 2.24) is 4.90 Å². The smallest absolute Gasteiger partial charge is 0.258 e. The van der Waals surface area contributed by atoms with Gasteiger partial charge in [0.1, 0.15) is 0 Å². The Balaban J connectivity index is 1.20. The van der Waals surface area contributed by atoms with E-state index in [2.05, 4.69) is 47.4 Å². The molecule has 0 radical (unpaired) electrons. The number of carbonyl (C=O) groups excluding carboxylic acids is 2. The van der Waals surface area contributed by atoms with E-state index in [9.17, 15) is 9.59 Å². The molecular formula is C34H34N4O2. The highest BCUT2D eigenvalue weighted by Gasteiger charge is 2.38. The second-order valence-electron chi connectivity index (χ2n) is 10.8. The van der Waals surface area contributed by atoms with Crippen LogP contribution in [0.1, 0.15) is 33.6 Å². The molecule has 0 bridgehead atoms. The fraction of sp³-hybridized carbons (Fsp3) is 0.235. The summed E-state index contributed by atoms with van der Waals surface area (Å²) in [6.45, 7) is 1.64. The van der Waals surface area contributed by atoms with Crippen LogP contribution in [0.4, 0.5) is 17.1 Å². The number of fused-ring (bicyclic) bond motifs is 3. The van der Waals surface area contributed by atoms with Crippen LogP contribution < -0.4 is 15.1 Å². The minimum Gasteiger partial charge on any atom is -0.365 e. The molecule has 4 aromatic rings. The fourth-order valence-electron chi connectivity index (χ4n) is 5.98. The molecule has 2 unspecified atom stereocenters. The molecule has 6 rings (SSSR count). The van der Waals surface area contributed by atoms with Crippen LogP contribution in [0, 0.1) is 0 Å². The number of rotatable bonds is 5. The third kappa shape index (κ3) is 4.98. The van der Waals surface area contributed by atoms with Crippen molar-refractivity contribution < 1.29 is 9.59 Å². The number of likely N-dealkylation sites (N-methyl/N-ethyl adjacent to an activating group) is 1. The Hall–Kier alpha value is -4.42. The number of carbonyl (C=O) groups is 2. The molecule has 0 saturated carbocycles. The van der Waals surface area contributed by atoms with Crippen molar-refractivity contribution in [1.29, 1.82) is 0 Å². The lowest BCUT2D eigenvalue weighted by molar-refractivity contribution is 0.0985. The van der Waals surface area contributed by atoms with Crippen molar-refractivity contribution in [3.63, 3.8) is 0 Å². The monoisotopic (exact) mass is 530 g/mol. The summed E-state index contributed by atoms with van der Waals surface area (Å²) in [5, 5.41) is 3.01. The lowest BCUT2D eigenvalue weighted by Crippen LogP contribution is -2.33. The molecule has 0 aliphatic carbocycles. The van der Waals surface area contributed by atoms with Gasteiger partial charge in [0, 0.05) is 42.0 Å². The van der Waals surface area contributed by atoms with E-state index in [1.165, 1.54) is 0 Å². The first kappa shape index (κ1) is 25.8. The number of hydrogen-bond acceptors (Lipinski definition) is 4. The maximum atomic E-state index is 13.8. The van der Waals surface area contributed by atoms with Crippen LogP contribution in [0.25, 0.3) is 11.1 Å². The quantitative estimate of drug-likeness (QED) is 0.336. The maximum Gasteiger partial charge on any atom is 0.258 e. The van der Waals surface area contributed by atoms with E-state index < -0.39 is 0 Å². The number of nitrogens with one attached hydrogen (secondary N) is 1. The molecule has 6 nitrogen and oxygen atoms in total. The van der Waals surface area contributed by atoms with Crippen molar-refractivity contribution in [3.05, 3.63) is 114 Å². The molecule has 0 aromatic heterocycles. The summed E-state index contributed by atoms with van der Waals surface area (Å²) in [7, 11) is 4.29. The average Bonchev–Trinajstić information content (AvgIpc) is 3.36. The van der Waals surface area contributed by atoms with Gasteiger partial charge in [-0.2, -0.15) is 0 Å². The fourth-order valence-corrected chi connectivity index (χ4v) is 5.98. The Bertz CT molecular complexity index is 1520. The minimum absolute atomic E-state index is 0.0231. The zero-order chi connectivity index (χ0) is 27.6. The molecule has 1 N–H and O–H groups in total. The lowest BCUT2D eigenvalue weighted by atomic mass is 9.99. The lowest BCUT2D eigenvalue weighted by Gasteiger charge is -2.27. The molecule has 4 aromatic carbocycles. The first-order chi connectivity index (χ1) is 19.5. The maximum absolute atomic E-state index is 13.8. The molecule has 0 spiro atoms. The van der Waals surface area contributed by atoms with Crippen molar-refractivity contribution in [3.8, 4) is 11.1 Å². The highest BCUT2D eigenvalue weighted by atomic mass is 16.2. The number of para-hydroxylation sites is 2. The van der Waals surface area contributed by atoms with Crippen LogP contribution in [0.2, 0.25) is 0 Å². The third-order valence-electron chi connectivity index (χ3n) is 8.18. The normalized spacial score (nSPS) is 18.2. The van der Waals surface area contributed by atoms with Crippen molar-refractivity contribution in [2.24, 2.45) is 0 Å². The summed E-state index contributed by atoms with van der Waals surface area (Å²) in [4.78, 5) is 33.7. The zero-order valence-electron chi connectivity index (χ0n) is 23.0. The highest BCUT2D eigenvalue weighted by Crippen LogP contribution is 2.39. The summed E-state index contributed by atoms with van der Waals surface area (Å²) in [5.41, 5.74) is 5.82. The van der Waals surface area contributed by atoms with Crippen LogP contribution in [0.3, 0.4) is 0 Å². The molecule has 2 heterocycles. The van der Waals surface area contributed by atoms with Gasteiger partial charge in [0.2, 0.25) is 0 Å². The van der Waals surface area contributed by atoms with E-state index in [0.29, 0.717) is 35.4 Å². The van der Waals surface area contributed by atoms with Gasteiger partial charge in [0.15, 0.2) is 0 Å². The molecule has 202 valence electrons. The summed E-state index contributed by atoms with van der Waals surface area (Å²) < 4.78 is 0. The summed E-state index contributed by atoms with van der Waals surface area (Å²) in [6.07, 6.45) is 2.03. The van der Waals surface area contributed by atoms with Gasteiger partial charge >= 0.3 is 0 Å². The Morgan fingerprint density at radius 2 is 1.48 bits per heavy atom. The Kier molecular flexibility index (Phi) is 7.10. The minimum atomic E-state index is -0.184. The Morgan fingerprint density at radius 3 is 2.23 bits per heavy atom. The number of hydrogen-bond donors (Lipinski definition) is 1. The van der Waals surface area contributed by atoms with Crippen LogP contribution >= 0.6 is 0 Å². The predicted molar refractivity (Wildman–Crippen MR) is 162 cm³/mol. The molecule has 1 fully saturated rings. The van der Waals surface area contributed by atoms with Gasteiger partial charge in [0.25, 0.3) is 11.8 Å². The molecular weight excluding hydrogens is 496 g/mol.